The Hall–Kier alpha value is -8.62. The van der Waals surface area contributed by atoms with Crippen LogP contribution in [0.3, 0.4) is 0 Å². The number of aromatic nitrogens is 1. The number of benzene rings is 4. The number of rotatable bonds is 24. The lowest BCUT2D eigenvalue weighted by atomic mass is 9.95. The number of H-pyrrole nitrogens is 1. The zero-order chi connectivity index (χ0) is 61.9. The number of hydrogen-bond donors (Lipinski definition) is 8. The summed E-state index contributed by atoms with van der Waals surface area (Å²) in [5.41, 5.74) is 10.6. The first-order valence-corrected chi connectivity index (χ1v) is 30.5. The molecule has 11 amide bonds. The highest BCUT2D eigenvalue weighted by atomic mass is 79.9. The number of carbonyl (C=O) groups is 10. The fourth-order valence-electron chi connectivity index (χ4n) is 11.4. The number of nitrogens with two attached hydrogens (primary N) is 1. The van der Waals surface area contributed by atoms with E-state index < -0.39 is 48.0 Å². The summed E-state index contributed by atoms with van der Waals surface area (Å²) in [6.45, 7) is 7.15. The third-order valence-electron chi connectivity index (χ3n) is 16.1. The number of anilines is 3. The second-order valence-corrected chi connectivity index (χ2v) is 23.1. The molecule has 4 aliphatic rings. The third-order valence-corrected chi connectivity index (χ3v) is 16.8. The first-order valence-electron chi connectivity index (χ1n) is 29.4. The van der Waals surface area contributed by atoms with Gasteiger partial charge in [-0.2, -0.15) is 0 Å². The molecule has 0 saturated carbocycles. The van der Waals surface area contributed by atoms with Gasteiger partial charge in [-0.15, -0.1) is 0 Å². The second-order valence-electron chi connectivity index (χ2n) is 22.5. The van der Waals surface area contributed by atoms with E-state index in [0.29, 0.717) is 78.4 Å². The van der Waals surface area contributed by atoms with Crippen molar-refractivity contribution in [2.75, 3.05) is 99.5 Å². The maximum atomic E-state index is 14.6. The Kier molecular flexibility index (Phi) is 20.8. The van der Waals surface area contributed by atoms with Gasteiger partial charge in [0.15, 0.2) is 0 Å². The summed E-state index contributed by atoms with van der Waals surface area (Å²) >= 11 is 3.70. The van der Waals surface area contributed by atoms with E-state index in [2.05, 4.69) is 57.7 Å². The Labute approximate surface area is 511 Å². The Morgan fingerprint density at radius 3 is 2.16 bits per heavy atom. The van der Waals surface area contributed by atoms with E-state index in [1.165, 1.54) is 4.90 Å². The molecule has 3 atom stereocenters. The summed E-state index contributed by atoms with van der Waals surface area (Å²) in [5.74, 6) is -2.49. The number of fused-ring (bicyclic) bond motifs is 6. The Balaban J connectivity index is 0.771. The van der Waals surface area contributed by atoms with E-state index in [-0.39, 0.29) is 107 Å². The van der Waals surface area contributed by atoms with Crippen LogP contribution in [0.2, 0.25) is 0 Å². The van der Waals surface area contributed by atoms with Crippen LogP contribution in [0.5, 0.6) is 5.75 Å². The van der Waals surface area contributed by atoms with E-state index in [9.17, 15) is 47.9 Å². The molecule has 4 aromatic carbocycles. The van der Waals surface area contributed by atoms with Crippen molar-refractivity contribution in [2.24, 2.45) is 11.7 Å². The minimum atomic E-state index is -1.07. The summed E-state index contributed by atoms with van der Waals surface area (Å²) in [5, 5.41) is 19.5. The van der Waals surface area contributed by atoms with Gasteiger partial charge in [0.05, 0.1) is 24.0 Å². The van der Waals surface area contributed by atoms with Crippen molar-refractivity contribution in [3.63, 3.8) is 0 Å². The Morgan fingerprint density at radius 1 is 0.747 bits per heavy atom. The van der Waals surface area contributed by atoms with Crippen molar-refractivity contribution in [1.29, 1.82) is 0 Å². The van der Waals surface area contributed by atoms with Crippen LogP contribution in [-0.4, -0.2) is 176 Å². The van der Waals surface area contributed by atoms with E-state index in [1.54, 1.807) is 52.8 Å². The van der Waals surface area contributed by atoms with Crippen molar-refractivity contribution in [3.8, 4) is 5.75 Å². The molecule has 0 radical (unpaired) electrons. The van der Waals surface area contributed by atoms with Crippen LogP contribution < -0.4 is 52.2 Å². The summed E-state index contributed by atoms with van der Waals surface area (Å²) in [4.78, 5) is 141. The van der Waals surface area contributed by atoms with Crippen molar-refractivity contribution >= 4 is 114 Å². The number of primary amides is 1. The molecule has 9 rings (SSSR count). The molecule has 4 aliphatic heterocycles. The van der Waals surface area contributed by atoms with Crippen molar-refractivity contribution in [1.82, 2.24) is 46.3 Å². The molecule has 87 heavy (non-hydrogen) atoms. The van der Waals surface area contributed by atoms with Gasteiger partial charge in [0, 0.05) is 124 Å². The third kappa shape index (κ3) is 15.3. The molecule has 0 spiro atoms. The number of alkyl halides is 1. The number of nitrogens with zero attached hydrogens (tertiary/aromatic N) is 5. The van der Waals surface area contributed by atoms with Gasteiger partial charge in [-0.1, -0.05) is 66.2 Å². The normalized spacial score (nSPS) is 16.4. The van der Waals surface area contributed by atoms with Crippen LogP contribution in [0, 0.1) is 5.92 Å². The second kappa shape index (κ2) is 28.7. The molecule has 0 unspecified atom stereocenters. The zero-order valence-corrected chi connectivity index (χ0v) is 50.6. The summed E-state index contributed by atoms with van der Waals surface area (Å²) in [7, 11) is 2.02. The van der Waals surface area contributed by atoms with Gasteiger partial charge in [-0.05, 0) is 91.1 Å². The molecule has 26 heteroatoms. The molecule has 2 saturated heterocycles. The topological polar surface area (TPSA) is 319 Å². The largest absolute Gasteiger partial charge is 0.444 e. The molecule has 462 valence electrons. The number of likely N-dealkylation sites (N-methyl/N-ethyl adjacent to an activating group) is 1. The van der Waals surface area contributed by atoms with Crippen molar-refractivity contribution in [3.05, 3.63) is 95.2 Å². The first-order chi connectivity index (χ1) is 41.9. The van der Waals surface area contributed by atoms with Crippen LogP contribution >= 0.6 is 15.9 Å². The molecular formula is C61H74BrN13O12. The summed E-state index contributed by atoms with van der Waals surface area (Å²) < 4.78 is 11.9. The molecule has 9 N–H and O–H groups in total. The summed E-state index contributed by atoms with van der Waals surface area (Å²) in [6, 6.07) is 19.1. The molecule has 5 heterocycles. The molecule has 2 fully saturated rings. The molecular weight excluding hydrogens is 1190 g/mol. The van der Waals surface area contributed by atoms with E-state index in [1.807, 2.05) is 55.6 Å². The average Bonchev–Trinajstić information content (AvgIpc) is 1.69. The maximum absolute atomic E-state index is 14.6. The number of urea groups is 1. The predicted octanol–water partition coefficient (Wildman–Crippen LogP) is 4.55. The fourth-order valence-corrected chi connectivity index (χ4v) is 11.9. The SMILES string of the molecule is CC(C)[C@H](NCC(=O)NCCNC(=O)CCCN1C(=O)CCC1=O)C(=O)N[C@@H](CCCNC(N)=O)C(=O)Nc1ccc(COC(=O)N2CCc3c2ccc2[nH]c(C(=O)N4C[C@@H](CBr)c5c4cc(OC(=O)N4CCN(C)CC4)c4ccccc54)cc32)cc1. The van der Waals surface area contributed by atoms with E-state index >= 15 is 0 Å². The fraction of sp³-hybridized carbons (Fsp3) is 0.443. The van der Waals surface area contributed by atoms with Crippen LogP contribution in [0.1, 0.15) is 85.5 Å². The van der Waals surface area contributed by atoms with Gasteiger partial charge in [0.1, 0.15) is 24.1 Å². The van der Waals surface area contributed by atoms with Gasteiger partial charge < -0.3 is 61.5 Å². The number of piperazine rings is 1. The van der Waals surface area contributed by atoms with E-state index in [0.717, 1.165) is 45.9 Å². The Morgan fingerprint density at radius 2 is 1.46 bits per heavy atom. The number of hydrogen-bond acceptors (Lipinski definition) is 14. The van der Waals surface area contributed by atoms with Crippen molar-refractivity contribution in [2.45, 2.75) is 83.4 Å². The highest BCUT2D eigenvalue weighted by Crippen LogP contribution is 2.47. The van der Waals surface area contributed by atoms with Gasteiger partial charge in [-0.3, -0.25) is 48.7 Å². The number of nitrogens with one attached hydrogen (secondary N) is 7. The van der Waals surface area contributed by atoms with Crippen LogP contribution in [0.15, 0.2) is 72.8 Å². The molecule has 25 nitrogen and oxygen atoms in total. The number of halogens is 1. The molecule has 1 aromatic heterocycles. The first kappa shape index (κ1) is 62.9. The standard InChI is InChI=1S/C61H74BrN13O12/c1-36(2)55(67-33-51(77)65-23-22-64-50(76)11-7-24-74-52(78)18-19-53(74)79)57(81)70-45(10-6-21-66-59(63)83)56(80)68-39-14-12-37(13-15-39)35-86-61(85)73-25-20-40-43-30-46(69-44(43)16-17-47(40)73)58(82)75-34-38(32-62)54-42-9-5-4-8-41(42)49(31-48(54)75)87-60(84)72-28-26-71(3)27-29-72/h4-5,8-9,12-17,30-31,36,38,45,55,67,69H,6-7,10-11,18-29,32-35H2,1-3H3,(H,64,76)(H,65,77)(H,68,80)(H,70,81)(H3,63,66,83)/t38-,45+,55+/m1/s1. The van der Waals surface area contributed by atoms with Crippen LogP contribution in [-0.2, 0) is 46.5 Å². The van der Waals surface area contributed by atoms with Gasteiger partial charge in [-0.25, -0.2) is 14.4 Å². The maximum Gasteiger partial charge on any atom is 0.415 e. The van der Waals surface area contributed by atoms with Gasteiger partial charge in [0.25, 0.3) is 5.91 Å². The van der Waals surface area contributed by atoms with E-state index in [4.69, 9.17) is 15.2 Å². The highest BCUT2D eigenvalue weighted by molar-refractivity contribution is 9.09. The minimum Gasteiger partial charge on any atom is -0.444 e. The molecule has 0 aliphatic carbocycles. The lowest BCUT2D eigenvalue weighted by molar-refractivity contribution is -0.139. The number of aromatic amines is 1. The number of imide groups is 1. The number of amides is 11. The van der Waals surface area contributed by atoms with Crippen LogP contribution in [0.4, 0.5) is 31.4 Å². The Bertz CT molecular complexity index is 3420. The van der Waals surface area contributed by atoms with Gasteiger partial charge in [0.2, 0.25) is 35.4 Å². The lowest BCUT2D eigenvalue weighted by Crippen LogP contribution is -2.55. The van der Waals surface area contributed by atoms with Gasteiger partial charge >= 0.3 is 18.2 Å². The molecule has 5 aromatic rings. The summed E-state index contributed by atoms with van der Waals surface area (Å²) in [6.07, 6.45) is 0.733. The number of carbonyl (C=O) groups excluding carboxylic acids is 10. The van der Waals surface area contributed by atoms with Crippen LogP contribution in [0.25, 0.3) is 21.7 Å². The predicted molar refractivity (Wildman–Crippen MR) is 328 cm³/mol. The minimum absolute atomic E-state index is 0.0282. The smallest absolute Gasteiger partial charge is 0.415 e. The lowest BCUT2D eigenvalue weighted by Gasteiger charge is -2.31. The molecule has 0 bridgehead atoms. The number of likely N-dealkylation sites (tertiary alicyclic amines) is 1. The highest BCUT2D eigenvalue weighted by Gasteiger charge is 2.38. The van der Waals surface area contributed by atoms with Crippen molar-refractivity contribution < 1.29 is 57.4 Å². The monoisotopic (exact) mass is 1260 g/mol. The zero-order valence-electron chi connectivity index (χ0n) is 49.0. The number of ether oxygens (including phenoxy) is 2. The average molecular weight is 1260 g/mol. The quantitative estimate of drug-likeness (QED) is 0.0239.